The maximum atomic E-state index is 13.1. The maximum Gasteiger partial charge on any atom is 0.264 e. The molecule has 0 saturated carbocycles. The fraction of sp³-hybridized carbons (Fsp3) is 0.0714. The Hall–Kier alpha value is -3.62. The second-order valence-electron chi connectivity index (χ2n) is 7.91. The first-order valence-corrected chi connectivity index (χ1v) is 12.6. The molecule has 0 unspecified atom stereocenters. The fourth-order valence-corrected chi connectivity index (χ4v) is 5.03. The first kappa shape index (κ1) is 24.1. The number of carbonyl (C=O) groups excluding carboxylic acids is 1. The third kappa shape index (κ3) is 5.29. The third-order valence-corrected chi connectivity index (χ3v) is 7.14. The van der Waals surface area contributed by atoms with Gasteiger partial charge in [0.1, 0.15) is 12.4 Å². The van der Waals surface area contributed by atoms with Crippen LogP contribution in [0.25, 0.3) is 16.8 Å². The number of amides is 1. The molecule has 1 saturated heterocycles. The molecule has 1 N–H and O–H groups in total. The molecule has 4 aromatic carbocycles. The van der Waals surface area contributed by atoms with Gasteiger partial charge in [0.15, 0.2) is 16.7 Å². The number of carbonyl (C=O) groups is 1. The number of aliphatic imine (C=N–C) groups is 1. The molecule has 4 aromatic rings. The Balaban J connectivity index is 1.36. The number of rotatable bonds is 6. The third-order valence-electron chi connectivity index (χ3n) is 5.54. The summed E-state index contributed by atoms with van der Waals surface area (Å²) in [6.45, 7) is 0.381. The van der Waals surface area contributed by atoms with Crippen LogP contribution in [0.5, 0.6) is 11.5 Å². The monoisotopic (exact) mass is 562 g/mol. The predicted octanol–water partition coefficient (Wildman–Crippen LogP) is 7.22. The highest BCUT2D eigenvalue weighted by molar-refractivity contribution is 9.10. The zero-order valence-electron chi connectivity index (χ0n) is 19.1. The van der Waals surface area contributed by atoms with E-state index >= 15 is 0 Å². The van der Waals surface area contributed by atoms with Crippen LogP contribution in [-0.4, -0.2) is 18.2 Å². The van der Waals surface area contributed by atoms with Crippen molar-refractivity contribution in [2.75, 3.05) is 7.11 Å². The van der Waals surface area contributed by atoms with E-state index in [1.54, 1.807) is 25.3 Å². The Kier molecular flexibility index (Phi) is 7.06. The first-order valence-electron chi connectivity index (χ1n) is 11.0. The number of methoxy groups -OCH3 is 1. The van der Waals surface area contributed by atoms with Crippen LogP contribution in [0.4, 0.5) is 10.1 Å². The van der Waals surface area contributed by atoms with Gasteiger partial charge in [-0.05, 0) is 76.1 Å². The lowest BCUT2D eigenvalue weighted by atomic mass is 10.1. The van der Waals surface area contributed by atoms with Crippen molar-refractivity contribution in [2.24, 2.45) is 4.99 Å². The van der Waals surface area contributed by atoms with Gasteiger partial charge in [-0.2, -0.15) is 0 Å². The van der Waals surface area contributed by atoms with Crippen LogP contribution in [-0.2, 0) is 11.4 Å². The second kappa shape index (κ2) is 10.6. The molecule has 0 bridgehead atoms. The van der Waals surface area contributed by atoms with E-state index in [4.69, 9.17) is 9.47 Å². The number of thioether (sulfide) groups is 1. The number of benzene rings is 4. The first-order chi connectivity index (χ1) is 17.5. The van der Waals surface area contributed by atoms with Crippen LogP contribution in [0.3, 0.4) is 0 Å². The summed E-state index contributed by atoms with van der Waals surface area (Å²) in [7, 11) is 1.58. The molecule has 36 heavy (non-hydrogen) atoms. The largest absolute Gasteiger partial charge is 0.493 e. The molecule has 1 amide bonds. The summed E-state index contributed by atoms with van der Waals surface area (Å²) in [5.41, 5.74) is 2.38. The van der Waals surface area contributed by atoms with Gasteiger partial charge >= 0.3 is 0 Å². The van der Waals surface area contributed by atoms with E-state index in [-0.39, 0.29) is 11.7 Å². The van der Waals surface area contributed by atoms with Gasteiger partial charge in [-0.25, -0.2) is 9.38 Å². The highest BCUT2D eigenvalue weighted by Crippen LogP contribution is 2.37. The number of fused-ring (bicyclic) bond motifs is 1. The van der Waals surface area contributed by atoms with Gasteiger partial charge in [-0.15, -0.1) is 0 Å². The van der Waals surface area contributed by atoms with E-state index in [1.165, 1.54) is 23.9 Å². The van der Waals surface area contributed by atoms with E-state index in [1.807, 2.05) is 36.4 Å². The highest BCUT2D eigenvalue weighted by Gasteiger charge is 2.24. The Morgan fingerprint density at radius 1 is 1.03 bits per heavy atom. The molecule has 8 heteroatoms. The van der Waals surface area contributed by atoms with Gasteiger partial charge in [0.05, 0.1) is 17.7 Å². The predicted molar refractivity (Wildman–Crippen MR) is 146 cm³/mol. The van der Waals surface area contributed by atoms with Crippen molar-refractivity contribution in [2.45, 2.75) is 6.61 Å². The summed E-state index contributed by atoms with van der Waals surface area (Å²) in [4.78, 5) is 17.4. The lowest BCUT2D eigenvalue weighted by molar-refractivity contribution is -0.115. The van der Waals surface area contributed by atoms with E-state index < -0.39 is 0 Å². The van der Waals surface area contributed by atoms with Crippen molar-refractivity contribution in [1.82, 2.24) is 5.32 Å². The van der Waals surface area contributed by atoms with E-state index in [0.717, 1.165) is 26.4 Å². The smallest absolute Gasteiger partial charge is 0.264 e. The molecule has 5 rings (SSSR count). The van der Waals surface area contributed by atoms with Gasteiger partial charge in [0.25, 0.3) is 5.91 Å². The Morgan fingerprint density at radius 3 is 2.61 bits per heavy atom. The van der Waals surface area contributed by atoms with E-state index in [2.05, 4.69) is 44.4 Å². The number of amidine groups is 1. The number of hydrogen-bond donors (Lipinski definition) is 1. The summed E-state index contributed by atoms with van der Waals surface area (Å²) in [5, 5.41) is 5.46. The summed E-state index contributed by atoms with van der Waals surface area (Å²) in [5.74, 6) is 0.532. The standard InChI is InChI=1S/C28H20BrFN2O3S/c1-34-24-13-19(14-26-27(33)32-28(36-26)31-21-11-9-20(30)10-12-21)23(29)15-25(24)35-16-18-7-4-6-17-5-2-3-8-22(17)18/h2-15H,16H2,1H3,(H,31,32,33)/b26-14+. The number of nitrogens with one attached hydrogen (secondary N) is 1. The number of nitrogens with zero attached hydrogens (tertiary/aromatic N) is 1. The number of ether oxygens (including phenoxy) is 2. The van der Waals surface area contributed by atoms with Crippen molar-refractivity contribution in [3.05, 3.63) is 105 Å². The highest BCUT2D eigenvalue weighted by atomic mass is 79.9. The molecule has 0 aromatic heterocycles. The molecule has 0 aliphatic carbocycles. The quantitative estimate of drug-likeness (QED) is 0.252. The van der Waals surface area contributed by atoms with Crippen LogP contribution in [0.15, 0.2) is 93.2 Å². The van der Waals surface area contributed by atoms with Crippen molar-refractivity contribution in [3.8, 4) is 11.5 Å². The minimum absolute atomic E-state index is 0.261. The van der Waals surface area contributed by atoms with Crippen LogP contribution in [0.2, 0.25) is 0 Å². The average Bonchev–Trinajstić information content (AvgIpc) is 3.23. The Morgan fingerprint density at radius 2 is 1.81 bits per heavy atom. The lowest BCUT2D eigenvalue weighted by Gasteiger charge is -2.14. The van der Waals surface area contributed by atoms with Crippen LogP contribution < -0.4 is 14.8 Å². The molecule has 1 aliphatic heterocycles. The summed E-state index contributed by atoms with van der Waals surface area (Å²) < 4.78 is 25.6. The van der Waals surface area contributed by atoms with Crippen molar-refractivity contribution < 1.29 is 18.7 Å². The molecule has 1 fully saturated rings. The maximum absolute atomic E-state index is 13.1. The lowest BCUT2D eigenvalue weighted by Crippen LogP contribution is -2.19. The molecule has 1 heterocycles. The summed E-state index contributed by atoms with van der Waals surface area (Å²) >= 11 is 4.80. The minimum atomic E-state index is -0.342. The van der Waals surface area contributed by atoms with Gasteiger partial charge in [-0.3, -0.25) is 4.79 Å². The molecule has 0 radical (unpaired) electrons. The molecule has 1 aliphatic rings. The number of hydrogen-bond acceptors (Lipinski definition) is 5. The zero-order chi connectivity index (χ0) is 25.1. The average molecular weight is 563 g/mol. The minimum Gasteiger partial charge on any atom is -0.493 e. The fourth-order valence-electron chi connectivity index (χ4n) is 3.76. The van der Waals surface area contributed by atoms with Crippen LogP contribution in [0.1, 0.15) is 11.1 Å². The molecular weight excluding hydrogens is 543 g/mol. The molecule has 5 nitrogen and oxygen atoms in total. The van der Waals surface area contributed by atoms with Gasteiger partial charge in [-0.1, -0.05) is 58.4 Å². The van der Waals surface area contributed by atoms with Crippen LogP contribution in [0, 0.1) is 5.82 Å². The van der Waals surface area contributed by atoms with Crippen LogP contribution >= 0.6 is 27.7 Å². The van der Waals surface area contributed by atoms with Crippen molar-refractivity contribution >= 4 is 61.3 Å². The molecule has 180 valence electrons. The van der Waals surface area contributed by atoms with Gasteiger partial charge < -0.3 is 14.8 Å². The molecular formula is C28H20BrFN2O3S. The SMILES string of the molecule is COc1cc(/C=C2/SC(=Nc3ccc(F)cc3)NC2=O)c(Br)cc1OCc1cccc2ccccc12. The topological polar surface area (TPSA) is 59.9 Å². The molecule has 0 atom stereocenters. The van der Waals surface area contributed by atoms with Gasteiger partial charge in [0.2, 0.25) is 0 Å². The van der Waals surface area contributed by atoms with Gasteiger partial charge in [0, 0.05) is 4.47 Å². The zero-order valence-corrected chi connectivity index (χ0v) is 21.5. The second-order valence-corrected chi connectivity index (χ2v) is 9.79. The summed E-state index contributed by atoms with van der Waals surface area (Å²) in [6, 6.07) is 23.7. The van der Waals surface area contributed by atoms with Crippen molar-refractivity contribution in [3.63, 3.8) is 0 Å². The molecule has 0 spiro atoms. The normalized spacial score (nSPS) is 15.5. The van der Waals surface area contributed by atoms with E-state index in [9.17, 15) is 9.18 Å². The number of halogens is 2. The van der Waals surface area contributed by atoms with E-state index in [0.29, 0.717) is 33.9 Å². The Bertz CT molecular complexity index is 1510. The van der Waals surface area contributed by atoms with Crippen molar-refractivity contribution in [1.29, 1.82) is 0 Å². The summed E-state index contributed by atoms with van der Waals surface area (Å²) in [6.07, 6.45) is 1.76. The Labute approximate surface area is 220 Å².